The van der Waals surface area contributed by atoms with E-state index in [2.05, 4.69) is 19.9 Å². The second-order valence-electron chi connectivity index (χ2n) is 19.6. The molecule has 0 fully saturated rings. The number of aromatic nitrogens is 16. The van der Waals surface area contributed by atoms with Crippen LogP contribution in [-0.2, 0) is 21.7 Å². The molecule has 18 rings (SSSR count). The zero-order valence-corrected chi connectivity index (χ0v) is 43.9. The van der Waals surface area contributed by atoms with Crippen molar-refractivity contribution < 1.29 is 21.7 Å². The van der Waals surface area contributed by atoms with Crippen molar-refractivity contribution >= 4 is 88.3 Å². The molecule has 6 aromatic heterocycles. The van der Waals surface area contributed by atoms with E-state index in [4.69, 9.17) is 59.8 Å². The van der Waals surface area contributed by atoms with E-state index in [1.165, 1.54) is 0 Å². The fraction of sp³-hybridized carbons (Fsp3) is 0. The van der Waals surface area contributed by atoms with Crippen LogP contribution < -0.4 is 0 Å². The second kappa shape index (κ2) is 18.1. The first-order chi connectivity index (χ1) is 39.6. The van der Waals surface area contributed by atoms with E-state index in [0.29, 0.717) is 91.8 Å². The van der Waals surface area contributed by atoms with Crippen molar-refractivity contribution in [3.05, 3.63) is 194 Å². The first-order valence-corrected chi connectivity index (χ1v) is 26.0. The molecule has 0 saturated heterocycles. The molecule has 0 saturated carbocycles. The van der Waals surface area contributed by atoms with Gasteiger partial charge in [-0.3, -0.25) is 0 Å². The Hall–Kier alpha value is -10.8. The monoisotopic (exact) mass is 1080 g/mol. The normalized spacial score (nSPS) is 11.9. The molecule has 374 valence electrons. The SMILES string of the molecule is [Ti+2].c1ccc2c(c1)-c1nc-2nc2[nH]c(nc3nc(nc4[nH]c(n1)c1ccccc41)-c1ccccc1-3)c1ccccc21.c1ccc2c(c1)-c1nc-2nc2[nH]c(nc3nc(nc4[nH]c(n1)c1ccccc41)-c1ccccc1-3)c1ccccc21. The third-order valence-electron chi connectivity index (χ3n) is 14.9. The van der Waals surface area contributed by atoms with E-state index in [0.717, 1.165) is 87.6 Å². The summed E-state index contributed by atoms with van der Waals surface area (Å²) in [5.41, 5.74) is 12.9. The Morgan fingerprint density at radius 2 is 0.284 bits per heavy atom. The number of H-pyrrole nitrogens is 4. The molecule has 0 aliphatic carbocycles. The van der Waals surface area contributed by atoms with Gasteiger partial charge in [-0.25, -0.2) is 59.8 Å². The Bertz CT molecular complexity index is 4390. The summed E-state index contributed by atoms with van der Waals surface area (Å²) in [7, 11) is 0. The van der Waals surface area contributed by atoms with Crippen LogP contribution in [0.4, 0.5) is 0 Å². The van der Waals surface area contributed by atoms with Gasteiger partial charge in [0.25, 0.3) is 0 Å². The van der Waals surface area contributed by atoms with Crippen molar-refractivity contribution in [1.82, 2.24) is 79.7 Å². The Balaban J connectivity index is 0.000000132. The molecule has 0 amide bonds. The molecule has 4 aliphatic heterocycles. The van der Waals surface area contributed by atoms with Crippen molar-refractivity contribution in [2.24, 2.45) is 0 Å². The van der Waals surface area contributed by atoms with E-state index in [9.17, 15) is 0 Å². The fourth-order valence-electron chi connectivity index (χ4n) is 11.2. The molecule has 0 spiro atoms. The molecule has 0 unspecified atom stereocenters. The number of rotatable bonds is 0. The number of benzene rings is 8. The van der Waals surface area contributed by atoms with Crippen LogP contribution in [0.2, 0.25) is 0 Å². The largest absolute Gasteiger partial charge is 2.00 e. The molecule has 81 heavy (non-hydrogen) atoms. The summed E-state index contributed by atoms with van der Waals surface area (Å²) in [5.74, 6) is 4.78. The minimum absolute atomic E-state index is 0. The molecular weight excluding hydrogens is 1040 g/mol. The number of hydrogen-bond acceptors (Lipinski definition) is 12. The number of nitrogens with zero attached hydrogens (tertiary/aromatic N) is 12. The third-order valence-corrected chi connectivity index (χ3v) is 14.9. The number of nitrogens with one attached hydrogen (secondary N) is 4. The molecule has 8 aromatic carbocycles. The summed E-state index contributed by atoms with van der Waals surface area (Å²) < 4.78 is 0. The van der Waals surface area contributed by atoms with Crippen LogP contribution in [0.15, 0.2) is 194 Å². The maximum absolute atomic E-state index is 5.02. The van der Waals surface area contributed by atoms with Gasteiger partial charge in [-0.05, 0) is 0 Å². The predicted octanol–water partition coefficient (Wildman–Crippen LogP) is 13.7. The molecule has 0 radical (unpaired) electrons. The first kappa shape index (κ1) is 46.3. The van der Waals surface area contributed by atoms with Crippen LogP contribution in [-0.4, -0.2) is 79.7 Å². The predicted molar refractivity (Wildman–Crippen MR) is 312 cm³/mol. The second-order valence-corrected chi connectivity index (χ2v) is 19.6. The molecule has 16 nitrogen and oxygen atoms in total. The van der Waals surface area contributed by atoms with Crippen molar-refractivity contribution in [2.45, 2.75) is 0 Å². The Morgan fingerprint density at radius 1 is 0.160 bits per heavy atom. The van der Waals surface area contributed by atoms with Crippen LogP contribution in [0.25, 0.3) is 179 Å². The molecule has 17 heteroatoms. The van der Waals surface area contributed by atoms with Crippen molar-refractivity contribution in [3.8, 4) is 91.1 Å². The summed E-state index contributed by atoms with van der Waals surface area (Å²) in [5, 5.41) is 7.64. The smallest absolute Gasteiger partial charge is 0.324 e. The van der Waals surface area contributed by atoms with Gasteiger partial charge >= 0.3 is 21.7 Å². The minimum Gasteiger partial charge on any atom is -0.324 e. The first-order valence-electron chi connectivity index (χ1n) is 26.0. The van der Waals surface area contributed by atoms with Crippen LogP contribution in [0, 0.1) is 0 Å². The van der Waals surface area contributed by atoms with E-state index in [1.54, 1.807) is 0 Å². The van der Waals surface area contributed by atoms with Crippen LogP contribution >= 0.6 is 0 Å². The van der Waals surface area contributed by atoms with Gasteiger partial charge < -0.3 is 19.9 Å². The van der Waals surface area contributed by atoms with Gasteiger partial charge in [0.15, 0.2) is 46.6 Å². The maximum atomic E-state index is 5.02. The van der Waals surface area contributed by atoms with Gasteiger partial charge in [-0.1, -0.05) is 194 Å². The van der Waals surface area contributed by atoms with Crippen LogP contribution in [0.3, 0.4) is 0 Å². The van der Waals surface area contributed by atoms with E-state index in [-0.39, 0.29) is 21.7 Å². The van der Waals surface area contributed by atoms with E-state index < -0.39 is 0 Å². The molecule has 16 bridgehead atoms. The van der Waals surface area contributed by atoms with Crippen LogP contribution in [0.5, 0.6) is 0 Å². The zero-order chi connectivity index (χ0) is 52.4. The number of fused-ring (bicyclic) bond motifs is 40. The summed E-state index contributed by atoms with van der Waals surface area (Å²) in [4.78, 5) is 73.5. The van der Waals surface area contributed by atoms with Gasteiger partial charge in [0.05, 0.1) is 0 Å². The van der Waals surface area contributed by atoms with Gasteiger partial charge in [0.2, 0.25) is 0 Å². The summed E-state index contributed by atoms with van der Waals surface area (Å²) in [6.45, 7) is 0. The minimum atomic E-state index is 0. The third kappa shape index (κ3) is 7.42. The summed E-state index contributed by atoms with van der Waals surface area (Å²) in [6.07, 6.45) is 0. The number of aromatic amines is 4. The Kier molecular flexibility index (Phi) is 10.4. The standard InChI is InChI=1S/2C32H18N8.Ti/c2*1-2-10-18-17(9-1)25-33-26(18)38-28-21-13-5-6-14-22(21)30(35-28)40-32-24-16-8-7-15-23(24)31(36-32)39-29-20-12-4-3-11-19(20)27(34-29)37-25;/h2*1-16H,(H2,33,34,35,36,37,38,39,40);/q;;+2. The topological polar surface area (TPSA) is 218 Å². The van der Waals surface area contributed by atoms with Gasteiger partial charge in [-0.15, -0.1) is 0 Å². The van der Waals surface area contributed by atoms with Crippen LogP contribution in [0.1, 0.15) is 0 Å². The van der Waals surface area contributed by atoms with Gasteiger partial charge in [-0.2, -0.15) is 0 Å². The van der Waals surface area contributed by atoms with Crippen molar-refractivity contribution in [1.29, 1.82) is 0 Å². The van der Waals surface area contributed by atoms with Crippen molar-refractivity contribution in [3.63, 3.8) is 0 Å². The maximum Gasteiger partial charge on any atom is 2.00 e. The summed E-state index contributed by atoms with van der Waals surface area (Å²) >= 11 is 0. The van der Waals surface area contributed by atoms with Crippen molar-refractivity contribution in [2.75, 3.05) is 0 Å². The average Bonchev–Trinajstić information content (AvgIpc) is 4.53. The molecule has 14 aromatic rings. The van der Waals surface area contributed by atoms with Gasteiger partial charge in [0.1, 0.15) is 45.2 Å². The summed E-state index contributed by atoms with van der Waals surface area (Å²) in [6, 6.07) is 64.5. The molecule has 4 aliphatic rings. The molecule has 10 heterocycles. The van der Waals surface area contributed by atoms with E-state index in [1.807, 2.05) is 194 Å². The fourth-order valence-corrected chi connectivity index (χ4v) is 11.2. The average molecular weight is 1080 g/mol. The molecular formula is C64H36N16Ti+2. The Morgan fingerprint density at radius 3 is 0.420 bits per heavy atom. The number of hydrogen-bond donors (Lipinski definition) is 4. The van der Waals surface area contributed by atoms with Gasteiger partial charge in [0, 0.05) is 87.6 Å². The zero-order valence-electron chi connectivity index (χ0n) is 42.3. The molecule has 0 atom stereocenters. The quantitative estimate of drug-likeness (QED) is 0.104. The molecule has 4 N–H and O–H groups in total. The Labute approximate surface area is 472 Å². The van der Waals surface area contributed by atoms with E-state index >= 15 is 0 Å².